The quantitative estimate of drug-likeness (QED) is 0.397. The fraction of sp³-hybridized carbons (Fsp3) is 0.667. The average molecular weight is 230 g/mol. The maximum Gasteiger partial charge on any atom is 0.243 e. The normalized spacial score (nSPS) is 11.6. The molecule has 7 nitrogen and oxygen atoms in total. The zero-order valence-electron chi connectivity index (χ0n) is 9.29. The monoisotopic (exact) mass is 230 g/mol. The lowest BCUT2D eigenvalue weighted by Crippen LogP contribution is -2.48. The average Bonchev–Trinajstić information content (AvgIpc) is 2.20. The number of nitrogens with one attached hydrogen (secondary N) is 2. The Morgan fingerprint density at radius 2 is 1.94 bits per heavy atom. The van der Waals surface area contributed by atoms with Gasteiger partial charge in [0.25, 0.3) is 0 Å². The van der Waals surface area contributed by atoms with Crippen LogP contribution >= 0.6 is 0 Å². The second-order valence-electron chi connectivity index (χ2n) is 3.37. The van der Waals surface area contributed by atoms with Crippen molar-refractivity contribution >= 4 is 17.7 Å². The minimum atomic E-state index is -0.666. The first kappa shape index (κ1) is 14.4. The van der Waals surface area contributed by atoms with Crippen LogP contribution in [-0.2, 0) is 14.4 Å². The highest BCUT2D eigenvalue weighted by atomic mass is 16.2. The molecule has 16 heavy (non-hydrogen) atoms. The minimum absolute atomic E-state index is 0.239. The molecule has 0 saturated carbocycles. The van der Waals surface area contributed by atoms with Crippen LogP contribution in [0.15, 0.2) is 0 Å². The number of nitrogens with two attached hydrogens (primary N) is 2. The highest BCUT2D eigenvalue weighted by Crippen LogP contribution is 1.96. The van der Waals surface area contributed by atoms with Crippen molar-refractivity contribution in [1.29, 1.82) is 0 Å². The van der Waals surface area contributed by atoms with Gasteiger partial charge in [-0.2, -0.15) is 0 Å². The summed E-state index contributed by atoms with van der Waals surface area (Å²) in [5, 5.41) is 4.81. The second kappa shape index (κ2) is 7.63. The van der Waals surface area contributed by atoms with Crippen LogP contribution in [0.3, 0.4) is 0 Å². The Morgan fingerprint density at radius 3 is 2.38 bits per heavy atom. The van der Waals surface area contributed by atoms with Gasteiger partial charge in [-0.25, -0.2) is 0 Å². The summed E-state index contributed by atoms with van der Waals surface area (Å²) in [4.78, 5) is 32.8. The third-order valence-electron chi connectivity index (χ3n) is 1.83. The largest absolute Gasteiger partial charge is 0.368 e. The maximum atomic E-state index is 11.5. The van der Waals surface area contributed by atoms with Gasteiger partial charge in [-0.15, -0.1) is 0 Å². The van der Waals surface area contributed by atoms with Crippen molar-refractivity contribution in [3.8, 4) is 0 Å². The lowest BCUT2D eigenvalue weighted by atomic mass is 10.1. The van der Waals surface area contributed by atoms with Crippen LogP contribution in [0.25, 0.3) is 0 Å². The molecule has 3 amide bonds. The van der Waals surface area contributed by atoms with Gasteiger partial charge < -0.3 is 22.1 Å². The zero-order valence-corrected chi connectivity index (χ0v) is 9.29. The minimum Gasteiger partial charge on any atom is -0.368 e. The summed E-state index contributed by atoms with van der Waals surface area (Å²) in [5.74, 6) is -1.37. The molecule has 92 valence electrons. The molecule has 0 aromatic carbocycles. The second-order valence-corrected chi connectivity index (χ2v) is 3.37. The van der Waals surface area contributed by atoms with E-state index in [2.05, 4.69) is 10.6 Å². The van der Waals surface area contributed by atoms with E-state index in [1.165, 1.54) is 6.92 Å². The number of rotatable bonds is 7. The molecule has 0 fully saturated rings. The first-order valence-corrected chi connectivity index (χ1v) is 5.00. The summed E-state index contributed by atoms with van der Waals surface area (Å²) in [7, 11) is 0. The summed E-state index contributed by atoms with van der Waals surface area (Å²) >= 11 is 0. The lowest BCUT2D eigenvalue weighted by molar-refractivity contribution is -0.129. The van der Waals surface area contributed by atoms with E-state index in [4.69, 9.17) is 11.5 Å². The van der Waals surface area contributed by atoms with Crippen LogP contribution in [0.1, 0.15) is 19.8 Å². The summed E-state index contributed by atoms with van der Waals surface area (Å²) in [6, 6.07) is -0.666. The smallest absolute Gasteiger partial charge is 0.243 e. The lowest BCUT2D eigenvalue weighted by Gasteiger charge is -2.16. The molecular formula is C9H18N4O3. The molecule has 0 bridgehead atoms. The molecule has 0 rings (SSSR count). The fourth-order valence-corrected chi connectivity index (χ4v) is 1.13. The topological polar surface area (TPSA) is 127 Å². The molecule has 0 aliphatic heterocycles. The molecular weight excluding hydrogens is 212 g/mol. The van der Waals surface area contributed by atoms with Gasteiger partial charge in [0.05, 0.1) is 6.54 Å². The van der Waals surface area contributed by atoms with E-state index in [0.29, 0.717) is 19.4 Å². The molecule has 0 heterocycles. The maximum absolute atomic E-state index is 11.5. The molecule has 1 unspecified atom stereocenters. The molecule has 0 aliphatic carbocycles. The standard InChI is InChI=1S/C9H18N4O3/c1-6(14)13-7(3-2-4-10)9(16)12-5-8(11)15/h7H,2-5,10H2,1H3,(H2,11,15)(H,12,16)(H,13,14). The van der Waals surface area contributed by atoms with E-state index >= 15 is 0 Å². The number of carbonyl (C=O) groups excluding carboxylic acids is 3. The van der Waals surface area contributed by atoms with E-state index < -0.39 is 17.9 Å². The number of hydrogen-bond donors (Lipinski definition) is 4. The van der Waals surface area contributed by atoms with Crippen molar-refractivity contribution in [3.05, 3.63) is 0 Å². The molecule has 0 spiro atoms. The molecule has 6 N–H and O–H groups in total. The Kier molecular flexibility index (Phi) is 6.86. The van der Waals surface area contributed by atoms with E-state index in [9.17, 15) is 14.4 Å². The zero-order chi connectivity index (χ0) is 12.6. The van der Waals surface area contributed by atoms with E-state index in [0.717, 1.165) is 0 Å². The third-order valence-corrected chi connectivity index (χ3v) is 1.83. The molecule has 7 heteroatoms. The highest BCUT2D eigenvalue weighted by Gasteiger charge is 2.18. The van der Waals surface area contributed by atoms with Gasteiger partial charge in [-0.1, -0.05) is 0 Å². The van der Waals surface area contributed by atoms with Gasteiger partial charge in [0.1, 0.15) is 6.04 Å². The molecule has 0 saturated heterocycles. The van der Waals surface area contributed by atoms with Crippen molar-refractivity contribution in [2.45, 2.75) is 25.8 Å². The Hall–Kier alpha value is -1.63. The van der Waals surface area contributed by atoms with E-state index in [1.54, 1.807) is 0 Å². The van der Waals surface area contributed by atoms with Gasteiger partial charge >= 0.3 is 0 Å². The number of amides is 3. The highest BCUT2D eigenvalue weighted by molar-refractivity contribution is 5.89. The predicted octanol–water partition coefficient (Wildman–Crippen LogP) is -2.17. The SMILES string of the molecule is CC(=O)NC(CCCN)C(=O)NCC(N)=O. The van der Waals surface area contributed by atoms with E-state index in [-0.39, 0.29) is 12.5 Å². The van der Waals surface area contributed by atoms with Gasteiger partial charge in [0, 0.05) is 6.92 Å². The van der Waals surface area contributed by atoms with Crippen molar-refractivity contribution in [3.63, 3.8) is 0 Å². The fourth-order valence-electron chi connectivity index (χ4n) is 1.13. The van der Waals surface area contributed by atoms with Gasteiger partial charge in [-0.3, -0.25) is 14.4 Å². The Morgan fingerprint density at radius 1 is 1.31 bits per heavy atom. The van der Waals surface area contributed by atoms with Gasteiger partial charge in [0.15, 0.2) is 0 Å². The Balaban J connectivity index is 4.19. The molecule has 0 aromatic heterocycles. The molecule has 0 radical (unpaired) electrons. The van der Waals surface area contributed by atoms with E-state index in [1.807, 2.05) is 0 Å². The van der Waals surface area contributed by atoms with Crippen molar-refractivity contribution < 1.29 is 14.4 Å². The van der Waals surface area contributed by atoms with Crippen LogP contribution in [0.5, 0.6) is 0 Å². The Labute approximate surface area is 93.9 Å². The van der Waals surface area contributed by atoms with Crippen LogP contribution in [0.2, 0.25) is 0 Å². The number of hydrogen-bond acceptors (Lipinski definition) is 4. The molecule has 1 atom stereocenters. The van der Waals surface area contributed by atoms with Crippen LogP contribution < -0.4 is 22.1 Å². The number of primary amides is 1. The molecule has 0 aliphatic rings. The summed E-state index contributed by atoms with van der Waals surface area (Å²) in [6.07, 6.45) is 1.04. The summed E-state index contributed by atoms with van der Waals surface area (Å²) < 4.78 is 0. The summed E-state index contributed by atoms with van der Waals surface area (Å²) in [5.41, 5.74) is 10.2. The van der Waals surface area contributed by atoms with Gasteiger partial charge in [0.2, 0.25) is 17.7 Å². The van der Waals surface area contributed by atoms with Crippen molar-refractivity contribution in [1.82, 2.24) is 10.6 Å². The number of carbonyl (C=O) groups is 3. The first-order chi connectivity index (χ1) is 7.47. The Bertz CT molecular complexity index is 267. The van der Waals surface area contributed by atoms with Gasteiger partial charge in [-0.05, 0) is 19.4 Å². The van der Waals surface area contributed by atoms with Crippen LogP contribution in [-0.4, -0.2) is 36.9 Å². The third kappa shape index (κ3) is 6.77. The van der Waals surface area contributed by atoms with Crippen molar-refractivity contribution in [2.24, 2.45) is 11.5 Å². The predicted molar refractivity (Wildman–Crippen MR) is 58.1 cm³/mol. The summed E-state index contributed by atoms with van der Waals surface area (Å²) in [6.45, 7) is 1.51. The van der Waals surface area contributed by atoms with Crippen molar-refractivity contribution in [2.75, 3.05) is 13.1 Å². The van der Waals surface area contributed by atoms with Crippen LogP contribution in [0.4, 0.5) is 0 Å². The van der Waals surface area contributed by atoms with Crippen LogP contribution in [0, 0.1) is 0 Å². The first-order valence-electron chi connectivity index (χ1n) is 5.00. The molecule has 0 aromatic rings.